The first kappa shape index (κ1) is 13.9. The average Bonchev–Trinajstić information content (AvgIpc) is 2.39. The highest BCUT2D eigenvalue weighted by Crippen LogP contribution is 2.70. The van der Waals surface area contributed by atoms with Gasteiger partial charge in [0.1, 0.15) is 0 Å². The lowest BCUT2D eigenvalue weighted by Gasteiger charge is -2.67. The predicted molar refractivity (Wildman–Crippen MR) is 87.0 cm³/mol. The molecule has 0 aromatic rings. The lowest BCUT2D eigenvalue weighted by molar-refractivity contribution is -0.159. The first-order chi connectivity index (χ1) is 10.6. The molecule has 4 heteroatoms. The molecule has 6 rings (SSSR count). The number of hydrogen-bond donors (Lipinski definition) is 1. The first-order valence-electron chi connectivity index (χ1n) is 9.37. The smallest absolute Gasteiger partial charge is 0.318 e. The number of amides is 2. The van der Waals surface area contributed by atoms with Crippen molar-refractivity contribution in [1.82, 2.24) is 10.2 Å². The van der Waals surface area contributed by atoms with Crippen LogP contribution in [0.1, 0.15) is 64.2 Å². The van der Waals surface area contributed by atoms with E-state index in [1.54, 1.807) is 0 Å². The minimum Gasteiger partial charge on any atom is -0.335 e. The molecule has 22 heavy (non-hydrogen) atoms. The normalized spacial score (nSPS) is 52.1. The summed E-state index contributed by atoms with van der Waals surface area (Å²) in [5.41, 5.74) is 0.577. The zero-order chi connectivity index (χ0) is 14.9. The molecule has 4 saturated carbocycles. The van der Waals surface area contributed by atoms with Crippen LogP contribution in [0, 0.1) is 17.3 Å². The second-order valence-electron chi connectivity index (χ2n) is 8.80. The van der Waals surface area contributed by atoms with Gasteiger partial charge in [-0.2, -0.15) is 0 Å². The van der Waals surface area contributed by atoms with E-state index in [4.69, 9.17) is 11.6 Å². The summed E-state index contributed by atoms with van der Waals surface area (Å²) in [6.07, 6.45) is 12.5. The van der Waals surface area contributed by atoms with Crippen molar-refractivity contribution in [1.29, 1.82) is 0 Å². The molecule has 0 spiro atoms. The molecule has 6 fully saturated rings. The number of piperidine rings is 1. The summed E-state index contributed by atoms with van der Waals surface area (Å²) >= 11 is 6.66. The van der Waals surface area contributed by atoms with Crippen molar-refractivity contribution < 1.29 is 4.79 Å². The molecular weight excluding hydrogens is 296 g/mol. The van der Waals surface area contributed by atoms with Crippen molar-refractivity contribution in [2.24, 2.45) is 17.3 Å². The maximum Gasteiger partial charge on any atom is 0.318 e. The van der Waals surface area contributed by atoms with Gasteiger partial charge in [0.05, 0.1) is 0 Å². The fourth-order valence-electron chi connectivity index (χ4n) is 6.28. The number of carbonyl (C=O) groups is 1. The maximum absolute atomic E-state index is 12.6. The highest BCUT2D eigenvalue weighted by Gasteiger charge is 2.62. The molecule has 5 unspecified atom stereocenters. The molecule has 2 amide bonds. The third kappa shape index (κ3) is 1.90. The third-order valence-electron chi connectivity index (χ3n) is 7.61. The van der Waals surface area contributed by atoms with Gasteiger partial charge in [-0.15, -0.1) is 11.6 Å². The number of alkyl halides is 1. The monoisotopic (exact) mass is 322 g/mol. The molecule has 4 bridgehead atoms. The number of halogens is 1. The summed E-state index contributed by atoms with van der Waals surface area (Å²) in [6, 6.07) is 1.66. The van der Waals surface area contributed by atoms with Gasteiger partial charge < -0.3 is 10.2 Å². The molecule has 2 saturated heterocycles. The Bertz CT molecular complexity index is 464. The maximum atomic E-state index is 12.6. The van der Waals surface area contributed by atoms with E-state index in [-0.39, 0.29) is 6.03 Å². The Hall–Kier alpha value is -0.440. The first-order valence-corrected chi connectivity index (χ1v) is 9.81. The van der Waals surface area contributed by atoms with E-state index in [2.05, 4.69) is 10.2 Å². The van der Waals surface area contributed by atoms with Crippen molar-refractivity contribution in [3.8, 4) is 0 Å². The summed E-state index contributed by atoms with van der Waals surface area (Å²) in [7, 11) is 0. The topological polar surface area (TPSA) is 32.3 Å². The van der Waals surface area contributed by atoms with E-state index in [0.29, 0.717) is 34.8 Å². The molecule has 122 valence electrons. The average molecular weight is 323 g/mol. The molecule has 0 aromatic carbocycles. The van der Waals surface area contributed by atoms with Crippen LogP contribution in [-0.4, -0.2) is 34.4 Å². The Kier molecular flexibility index (Phi) is 3.03. The largest absolute Gasteiger partial charge is 0.335 e. The summed E-state index contributed by atoms with van der Waals surface area (Å²) in [5.74, 6) is 1.66. The Morgan fingerprint density at radius 1 is 1.05 bits per heavy atom. The summed E-state index contributed by atoms with van der Waals surface area (Å²) in [4.78, 5) is 14.8. The summed E-state index contributed by atoms with van der Waals surface area (Å²) in [5, 5.41) is 3.71. The minimum atomic E-state index is 0.218. The van der Waals surface area contributed by atoms with Gasteiger partial charge >= 0.3 is 6.03 Å². The van der Waals surface area contributed by atoms with Gasteiger partial charge in [-0.25, -0.2) is 4.79 Å². The lowest BCUT2D eigenvalue weighted by atomic mass is 9.39. The molecule has 2 heterocycles. The van der Waals surface area contributed by atoms with E-state index in [1.807, 2.05) is 0 Å². The number of nitrogens with zero attached hydrogens (tertiary/aromatic N) is 1. The Balaban J connectivity index is 1.21. The number of nitrogens with one attached hydrogen (secondary N) is 1. The van der Waals surface area contributed by atoms with E-state index in [1.165, 1.54) is 44.9 Å². The lowest BCUT2D eigenvalue weighted by Crippen LogP contribution is -2.65. The molecule has 3 nitrogen and oxygen atoms in total. The van der Waals surface area contributed by atoms with Crippen LogP contribution in [0.15, 0.2) is 0 Å². The number of fused-ring (bicyclic) bond motifs is 2. The molecule has 6 aliphatic rings. The molecule has 4 aliphatic carbocycles. The zero-order valence-corrected chi connectivity index (χ0v) is 14.0. The van der Waals surface area contributed by atoms with Gasteiger partial charge in [-0.05, 0) is 81.5 Å². The standard InChI is InChI=1S/C18H27ClN2O/c19-16-5-4-12(6-15(16)18-8-11(9-18)10-18)20-17(22)21-13-2-1-3-14(21)7-13/h11-16H,1-10H2,(H,20,22). The van der Waals surface area contributed by atoms with Crippen LogP contribution in [0.2, 0.25) is 0 Å². The van der Waals surface area contributed by atoms with Gasteiger partial charge in [0.15, 0.2) is 0 Å². The molecule has 2 aliphatic heterocycles. The third-order valence-corrected chi connectivity index (χ3v) is 8.13. The molecular formula is C18H27ClN2O. The zero-order valence-electron chi connectivity index (χ0n) is 13.3. The number of hydrogen-bond acceptors (Lipinski definition) is 1. The fraction of sp³-hybridized carbons (Fsp3) is 0.944. The second kappa shape index (κ2) is 4.78. The SMILES string of the molecule is O=C(NC1CCC(Cl)C(C23CC(C2)C3)C1)N1C2CCCC1C2. The molecule has 0 aromatic heterocycles. The van der Waals surface area contributed by atoms with Crippen LogP contribution >= 0.6 is 11.6 Å². The van der Waals surface area contributed by atoms with Gasteiger partial charge in [0.25, 0.3) is 0 Å². The number of carbonyl (C=O) groups excluding carboxylic acids is 1. The fourth-order valence-corrected chi connectivity index (χ4v) is 6.78. The molecule has 5 atom stereocenters. The number of rotatable bonds is 2. The molecule has 1 N–H and O–H groups in total. The van der Waals surface area contributed by atoms with Crippen LogP contribution in [0.5, 0.6) is 0 Å². The summed E-state index contributed by atoms with van der Waals surface area (Å²) < 4.78 is 0. The van der Waals surface area contributed by atoms with Crippen LogP contribution < -0.4 is 5.32 Å². The van der Waals surface area contributed by atoms with Gasteiger partial charge in [0.2, 0.25) is 0 Å². The quantitative estimate of drug-likeness (QED) is 0.768. The highest BCUT2D eigenvalue weighted by molar-refractivity contribution is 6.20. The predicted octanol–water partition coefficient (Wildman–Crippen LogP) is 3.90. The van der Waals surface area contributed by atoms with Gasteiger partial charge in [-0.3, -0.25) is 0 Å². The summed E-state index contributed by atoms with van der Waals surface area (Å²) in [6.45, 7) is 0. The van der Waals surface area contributed by atoms with Crippen LogP contribution in [0.3, 0.4) is 0 Å². The van der Waals surface area contributed by atoms with Gasteiger partial charge in [0, 0.05) is 23.5 Å². The van der Waals surface area contributed by atoms with E-state index < -0.39 is 0 Å². The Morgan fingerprint density at radius 2 is 1.77 bits per heavy atom. The van der Waals surface area contributed by atoms with E-state index >= 15 is 0 Å². The van der Waals surface area contributed by atoms with Crippen molar-refractivity contribution in [2.45, 2.75) is 87.7 Å². The van der Waals surface area contributed by atoms with Crippen LogP contribution in [0.25, 0.3) is 0 Å². The molecule has 0 radical (unpaired) electrons. The second-order valence-corrected chi connectivity index (χ2v) is 9.36. The van der Waals surface area contributed by atoms with Crippen LogP contribution in [0.4, 0.5) is 4.79 Å². The Labute approximate surface area is 138 Å². The van der Waals surface area contributed by atoms with E-state index in [9.17, 15) is 4.79 Å². The van der Waals surface area contributed by atoms with Crippen molar-refractivity contribution >= 4 is 17.6 Å². The Morgan fingerprint density at radius 3 is 2.36 bits per heavy atom. The highest BCUT2D eigenvalue weighted by atomic mass is 35.5. The van der Waals surface area contributed by atoms with Gasteiger partial charge in [-0.1, -0.05) is 0 Å². The number of urea groups is 1. The van der Waals surface area contributed by atoms with Crippen molar-refractivity contribution in [3.05, 3.63) is 0 Å². The van der Waals surface area contributed by atoms with Crippen LogP contribution in [-0.2, 0) is 0 Å². The minimum absolute atomic E-state index is 0.218. The van der Waals surface area contributed by atoms with E-state index in [0.717, 1.165) is 25.2 Å². The van der Waals surface area contributed by atoms with Crippen molar-refractivity contribution in [3.63, 3.8) is 0 Å². The van der Waals surface area contributed by atoms with Crippen molar-refractivity contribution in [2.75, 3.05) is 0 Å².